The van der Waals surface area contributed by atoms with Crippen LogP contribution in [0, 0.1) is 0 Å². The van der Waals surface area contributed by atoms with E-state index in [1.807, 2.05) is 42.5 Å². The van der Waals surface area contributed by atoms with Crippen LogP contribution in [-0.2, 0) is 16.0 Å². The van der Waals surface area contributed by atoms with Crippen LogP contribution in [0.3, 0.4) is 0 Å². The van der Waals surface area contributed by atoms with Crippen molar-refractivity contribution in [1.29, 1.82) is 0 Å². The van der Waals surface area contributed by atoms with E-state index in [2.05, 4.69) is 15.0 Å². The zero-order valence-corrected chi connectivity index (χ0v) is 11.9. The van der Waals surface area contributed by atoms with Crippen LogP contribution in [0.2, 0.25) is 0 Å². The van der Waals surface area contributed by atoms with E-state index in [9.17, 15) is 9.59 Å². The highest BCUT2D eigenvalue weighted by molar-refractivity contribution is 5.84. The highest BCUT2D eigenvalue weighted by Gasteiger charge is 2.07. The van der Waals surface area contributed by atoms with E-state index in [0.717, 1.165) is 16.8 Å². The minimum Gasteiger partial charge on any atom is -0.385 e. The van der Waals surface area contributed by atoms with Crippen LogP contribution in [0.5, 0.6) is 0 Å². The molecule has 1 aromatic carbocycles. The Labute approximate surface area is 127 Å². The Morgan fingerprint density at radius 1 is 1.14 bits per heavy atom. The number of alkyl carbamates (subject to hydrolysis) is 1. The number of benzene rings is 1. The maximum Gasteiger partial charge on any atom is 0.414 e. The zero-order chi connectivity index (χ0) is 15.8. The molecule has 0 saturated carbocycles. The fourth-order valence-electron chi connectivity index (χ4n) is 1.83. The largest absolute Gasteiger partial charge is 0.414 e. The van der Waals surface area contributed by atoms with E-state index in [0.29, 0.717) is 13.0 Å². The quantitative estimate of drug-likeness (QED) is 0.646. The van der Waals surface area contributed by atoms with E-state index in [1.54, 1.807) is 6.20 Å². The summed E-state index contributed by atoms with van der Waals surface area (Å²) < 4.78 is 4.26. The molecule has 0 radical (unpaired) electrons. The first kappa shape index (κ1) is 15.7. The molecule has 0 aliphatic rings. The summed E-state index contributed by atoms with van der Waals surface area (Å²) in [6.07, 6.45) is 1.44. The molecule has 1 heterocycles. The monoisotopic (exact) mass is 300 g/mol. The first-order chi connectivity index (χ1) is 10.7. The molecule has 1 aromatic heterocycles. The Balaban J connectivity index is 1.82. The van der Waals surface area contributed by atoms with Crippen LogP contribution in [0.15, 0.2) is 48.7 Å². The van der Waals surface area contributed by atoms with Crippen LogP contribution in [0.4, 0.5) is 4.79 Å². The number of nitrogens with zero attached hydrogens (tertiary/aromatic N) is 1. The predicted molar refractivity (Wildman–Crippen MR) is 80.0 cm³/mol. The van der Waals surface area contributed by atoms with Crippen molar-refractivity contribution in [3.05, 3.63) is 54.2 Å². The Bertz CT molecular complexity index is 626. The third-order valence-electron chi connectivity index (χ3n) is 2.91. The molecule has 0 aliphatic heterocycles. The van der Waals surface area contributed by atoms with Crippen LogP contribution >= 0.6 is 0 Å². The van der Waals surface area contributed by atoms with Gasteiger partial charge in [0.15, 0.2) is 0 Å². The average Bonchev–Trinajstić information content (AvgIpc) is 2.56. The normalized spacial score (nSPS) is 10.0. The molecular weight excluding hydrogens is 284 g/mol. The molecule has 6 heteroatoms. The first-order valence-electron chi connectivity index (χ1n) is 6.79. The lowest BCUT2D eigenvalue weighted by atomic mass is 10.1. The number of carbonyl (C=O) groups is 2. The number of carbonyl (C=O) groups excluding carboxylic acids is 2. The van der Waals surface area contributed by atoms with Crippen molar-refractivity contribution in [2.75, 3.05) is 13.2 Å². The molecular formula is C16H16N2O4. The van der Waals surface area contributed by atoms with Gasteiger partial charge in [-0.3, -0.25) is 4.98 Å². The molecule has 0 fully saturated rings. The number of nitrogens with one attached hydrogen (secondary N) is 1. The summed E-state index contributed by atoms with van der Waals surface area (Å²) in [5.41, 5.74) is 2.87. The predicted octanol–water partition coefficient (Wildman–Crippen LogP) is 1.54. The van der Waals surface area contributed by atoms with Gasteiger partial charge in [0, 0.05) is 18.3 Å². The lowest BCUT2D eigenvalue weighted by Gasteiger charge is -2.05. The fraction of sp³-hybridized carbons (Fsp3) is 0.188. The van der Waals surface area contributed by atoms with E-state index in [1.165, 1.54) is 0 Å². The van der Waals surface area contributed by atoms with Gasteiger partial charge >= 0.3 is 12.1 Å². The number of aromatic nitrogens is 1. The third-order valence-corrected chi connectivity index (χ3v) is 2.91. The van der Waals surface area contributed by atoms with Crippen molar-refractivity contribution >= 4 is 12.1 Å². The van der Waals surface area contributed by atoms with Crippen molar-refractivity contribution in [2.24, 2.45) is 0 Å². The van der Waals surface area contributed by atoms with Crippen LogP contribution in [0.1, 0.15) is 5.56 Å². The number of ether oxygens (including phenoxy) is 1. The van der Waals surface area contributed by atoms with Crippen molar-refractivity contribution in [1.82, 2.24) is 10.3 Å². The average molecular weight is 300 g/mol. The second-order valence-corrected chi connectivity index (χ2v) is 4.51. The highest BCUT2D eigenvalue weighted by Crippen LogP contribution is 2.16. The van der Waals surface area contributed by atoms with Gasteiger partial charge in [0.1, 0.15) is 6.61 Å². The molecule has 114 valence electrons. The van der Waals surface area contributed by atoms with Crippen molar-refractivity contribution in [2.45, 2.75) is 6.42 Å². The van der Waals surface area contributed by atoms with Crippen molar-refractivity contribution in [3.63, 3.8) is 0 Å². The highest BCUT2D eigenvalue weighted by atomic mass is 16.6. The molecule has 1 amide bonds. The molecule has 0 bridgehead atoms. The third kappa shape index (κ3) is 4.68. The van der Waals surface area contributed by atoms with Crippen molar-refractivity contribution < 1.29 is 19.4 Å². The Morgan fingerprint density at radius 3 is 2.55 bits per heavy atom. The number of aliphatic hydroxyl groups excluding tert-OH is 1. The molecule has 0 saturated heterocycles. The first-order valence-corrected chi connectivity index (χ1v) is 6.79. The summed E-state index contributed by atoms with van der Waals surface area (Å²) in [6.45, 7) is -0.512. The van der Waals surface area contributed by atoms with Gasteiger partial charge in [0.2, 0.25) is 0 Å². The smallest absolute Gasteiger partial charge is 0.385 e. The molecule has 2 N–H and O–H groups in total. The minimum atomic E-state index is -0.980. The van der Waals surface area contributed by atoms with Crippen molar-refractivity contribution in [3.8, 4) is 11.3 Å². The minimum absolute atomic E-state index is 0.309. The van der Waals surface area contributed by atoms with Gasteiger partial charge in [0.25, 0.3) is 0 Å². The second-order valence-electron chi connectivity index (χ2n) is 4.51. The summed E-state index contributed by atoms with van der Waals surface area (Å²) in [5.74, 6) is -0.980. The van der Waals surface area contributed by atoms with Crippen LogP contribution in [-0.4, -0.2) is 35.3 Å². The van der Waals surface area contributed by atoms with Crippen LogP contribution in [0.25, 0.3) is 11.3 Å². The van der Waals surface area contributed by atoms with Gasteiger partial charge in [-0.15, -0.1) is 0 Å². The Kier molecular flexibility index (Phi) is 5.62. The fourth-order valence-corrected chi connectivity index (χ4v) is 1.83. The van der Waals surface area contributed by atoms with Gasteiger partial charge in [0.05, 0.1) is 5.69 Å². The van der Waals surface area contributed by atoms with E-state index < -0.39 is 18.7 Å². The number of hydrogen-bond acceptors (Lipinski definition) is 5. The number of amides is 1. The summed E-state index contributed by atoms with van der Waals surface area (Å²) in [7, 11) is 0. The molecule has 0 atom stereocenters. The van der Waals surface area contributed by atoms with Crippen LogP contribution < -0.4 is 5.32 Å². The van der Waals surface area contributed by atoms with Gasteiger partial charge in [-0.25, -0.2) is 9.59 Å². The van der Waals surface area contributed by atoms with E-state index in [-0.39, 0.29) is 0 Å². The summed E-state index contributed by atoms with van der Waals surface area (Å²) >= 11 is 0. The second kappa shape index (κ2) is 7.90. The molecule has 0 spiro atoms. The maximum absolute atomic E-state index is 11.2. The van der Waals surface area contributed by atoms with Gasteiger partial charge < -0.3 is 15.2 Å². The molecule has 0 unspecified atom stereocenters. The topological polar surface area (TPSA) is 88.5 Å². The molecule has 2 aromatic rings. The number of rotatable bonds is 5. The molecule has 22 heavy (non-hydrogen) atoms. The number of pyridine rings is 1. The number of aliphatic hydroxyl groups is 1. The van der Waals surface area contributed by atoms with Gasteiger partial charge in [-0.2, -0.15) is 0 Å². The summed E-state index contributed by atoms with van der Waals surface area (Å²) in [4.78, 5) is 26.2. The Hall–Kier alpha value is -2.73. The lowest BCUT2D eigenvalue weighted by Crippen LogP contribution is -2.29. The zero-order valence-electron chi connectivity index (χ0n) is 11.9. The number of esters is 1. The summed E-state index contributed by atoms with van der Waals surface area (Å²) in [5, 5.41) is 10.9. The van der Waals surface area contributed by atoms with E-state index in [4.69, 9.17) is 5.11 Å². The van der Waals surface area contributed by atoms with E-state index >= 15 is 0 Å². The van der Waals surface area contributed by atoms with Gasteiger partial charge in [-0.05, 0) is 18.1 Å². The SMILES string of the molecule is O=C(CO)OC(=O)NCCc1ccc(-c2ccccc2)nc1. The number of hydrogen-bond donors (Lipinski definition) is 2. The molecule has 0 aliphatic carbocycles. The maximum atomic E-state index is 11.2. The van der Waals surface area contributed by atoms with Gasteiger partial charge in [-0.1, -0.05) is 36.4 Å². The lowest BCUT2D eigenvalue weighted by molar-refractivity contribution is -0.140. The molecule has 6 nitrogen and oxygen atoms in total. The Morgan fingerprint density at radius 2 is 1.91 bits per heavy atom. The standard InChI is InChI=1S/C16H16N2O4/c19-11-15(20)22-16(21)17-9-8-12-6-7-14(18-10-12)13-4-2-1-3-5-13/h1-7,10,19H,8-9,11H2,(H,17,21). The summed E-state index contributed by atoms with van der Waals surface area (Å²) in [6, 6.07) is 13.7. The molecule has 2 rings (SSSR count).